The molecule has 1 aliphatic carbocycles. The highest BCUT2D eigenvalue weighted by molar-refractivity contribution is 6.01. The van der Waals surface area contributed by atoms with Gasteiger partial charge in [-0.25, -0.2) is 0 Å². The Labute approximate surface area is 145 Å². The molecule has 0 saturated carbocycles. The van der Waals surface area contributed by atoms with Crippen molar-refractivity contribution in [1.82, 2.24) is 4.98 Å². The lowest BCUT2D eigenvalue weighted by Crippen LogP contribution is -2.15. The van der Waals surface area contributed by atoms with Gasteiger partial charge in [-0.2, -0.15) is 4.89 Å². The lowest BCUT2D eigenvalue weighted by molar-refractivity contribution is -0.256. The van der Waals surface area contributed by atoms with Gasteiger partial charge in [-0.3, -0.25) is 9.78 Å². The average molecular weight is 334 g/mol. The SMILES string of the molecule is NCCc1ccc(C=O)c2c(C3C=CC=C4OOCC=C43)cncc12. The van der Waals surface area contributed by atoms with Crippen LogP contribution in [0.1, 0.15) is 27.4 Å². The fourth-order valence-corrected chi connectivity index (χ4v) is 3.52. The number of aldehydes is 1. The van der Waals surface area contributed by atoms with Crippen molar-refractivity contribution in [3.05, 3.63) is 76.9 Å². The molecule has 126 valence electrons. The van der Waals surface area contributed by atoms with Gasteiger partial charge in [-0.1, -0.05) is 24.3 Å². The second-order valence-electron chi connectivity index (χ2n) is 6.04. The van der Waals surface area contributed by atoms with E-state index in [1.54, 1.807) is 0 Å². The molecule has 0 amide bonds. The smallest absolute Gasteiger partial charge is 0.169 e. The van der Waals surface area contributed by atoms with E-state index in [9.17, 15) is 4.79 Å². The Bertz CT molecular complexity index is 928. The van der Waals surface area contributed by atoms with Crippen molar-refractivity contribution in [3.8, 4) is 0 Å². The van der Waals surface area contributed by atoms with Crippen molar-refractivity contribution >= 4 is 17.1 Å². The number of pyridine rings is 1. The maximum absolute atomic E-state index is 11.7. The molecule has 2 N–H and O–H groups in total. The van der Waals surface area contributed by atoms with Crippen LogP contribution in [-0.2, 0) is 16.2 Å². The van der Waals surface area contributed by atoms with E-state index in [0.29, 0.717) is 24.5 Å². The Hall–Kier alpha value is -2.76. The Morgan fingerprint density at radius 3 is 3.08 bits per heavy atom. The molecule has 1 aromatic heterocycles. The van der Waals surface area contributed by atoms with Crippen LogP contribution in [0.3, 0.4) is 0 Å². The molecule has 2 aliphatic rings. The standard InChI is InChI=1S/C20H18N2O3/c21-8-6-13-4-5-14(12-23)20-17(13)10-22-11-18(20)15-2-1-3-19-16(15)7-9-24-25-19/h1-5,7,10-12,15H,6,8-9,21H2. The van der Waals surface area contributed by atoms with Gasteiger partial charge >= 0.3 is 0 Å². The van der Waals surface area contributed by atoms with Crippen molar-refractivity contribution in [3.63, 3.8) is 0 Å². The zero-order chi connectivity index (χ0) is 17.2. The lowest BCUT2D eigenvalue weighted by Gasteiger charge is -2.26. The van der Waals surface area contributed by atoms with E-state index in [2.05, 4.69) is 11.1 Å². The van der Waals surface area contributed by atoms with E-state index >= 15 is 0 Å². The van der Waals surface area contributed by atoms with Crippen LogP contribution < -0.4 is 5.73 Å². The number of carbonyl (C=O) groups excluding carboxylic acids is 1. The Morgan fingerprint density at radius 2 is 2.24 bits per heavy atom. The molecular weight excluding hydrogens is 316 g/mol. The normalized spacial score (nSPS) is 19.0. The van der Waals surface area contributed by atoms with Crippen molar-refractivity contribution in [2.45, 2.75) is 12.3 Å². The molecule has 0 bridgehead atoms. The third kappa shape index (κ3) is 2.67. The Balaban J connectivity index is 1.95. The van der Waals surface area contributed by atoms with E-state index in [1.165, 1.54) is 0 Å². The average Bonchev–Trinajstić information content (AvgIpc) is 2.67. The number of hydrogen-bond acceptors (Lipinski definition) is 5. The molecule has 0 spiro atoms. The molecular formula is C20H18N2O3. The third-order valence-electron chi connectivity index (χ3n) is 4.64. The molecule has 4 rings (SSSR count). The Kier molecular flexibility index (Phi) is 4.17. The summed E-state index contributed by atoms with van der Waals surface area (Å²) in [6, 6.07) is 3.82. The number of allylic oxidation sites excluding steroid dienone is 4. The number of hydrogen-bond donors (Lipinski definition) is 1. The molecule has 1 aromatic carbocycles. The first kappa shape index (κ1) is 15.7. The summed E-state index contributed by atoms with van der Waals surface area (Å²) < 4.78 is 0. The maximum atomic E-state index is 11.7. The van der Waals surface area contributed by atoms with Gasteiger partial charge in [0.25, 0.3) is 0 Å². The summed E-state index contributed by atoms with van der Waals surface area (Å²) >= 11 is 0. The molecule has 0 radical (unpaired) electrons. The summed E-state index contributed by atoms with van der Waals surface area (Å²) in [6.07, 6.45) is 13.2. The van der Waals surface area contributed by atoms with Crippen LogP contribution >= 0.6 is 0 Å². The van der Waals surface area contributed by atoms with E-state index in [0.717, 1.165) is 40.2 Å². The van der Waals surface area contributed by atoms with Gasteiger partial charge in [-0.15, -0.1) is 0 Å². The predicted molar refractivity (Wildman–Crippen MR) is 95.0 cm³/mol. The van der Waals surface area contributed by atoms with Gasteiger partial charge in [0.1, 0.15) is 6.61 Å². The third-order valence-corrected chi connectivity index (χ3v) is 4.64. The van der Waals surface area contributed by atoms with Crippen LogP contribution in [0.5, 0.6) is 0 Å². The minimum Gasteiger partial charge on any atom is -0.337 e. The molecule has 25 heavy (non-hydrogen) atoms. The van der Waals surface area contributed by atoms with Gasteiger partial charge in [0.15, 0.2) is 12.0 Å². The second kappa shape index (κ2) is 6.63. The van der Waals surface area contributed by atoms with E-state index < -0.39 is 0 Å². The second-order valence-corrected chi connectivity index (χ2v) is 6.04. The molecule has 5 nitrogen and oxygen atoms in total. The highest BCUT2D eigenvalue weighted by Gasteiger charge is 2.26. The van der Waals surface area contributed by atoms with E-state index in [1.807, 2.05) is 42.8 Å². The van der Waals surface area contributed by atoms with Crippen LogP contribution in [0, 0.1) is 0 Å². The Morgan fingerprint density at radius 1 is 1.32 bits per heavy atom. The topological polar surface area (TPSA) is 74.4 Å². The summed E-state index contributed by atoms with van der Waals surface area (Å²) in [4.78, 5) is 26.5. The highest BCUT2D eigenvalue weighted by Crippen LogP contribution is 2.40. The van der Waals surface area contributed by atoms with Crippen LogP contribution in [0.15, 0.2) is 60.2 Å². The number of carbonyl (C=O) groups is 1. The van der Waals surface area contributed by atoms with Crippen molar-refractivity contribution < 1.29 is 14.6 Å². The van der Waals surface area contributed by atoms with E-state index in [-0.39, 0.29) is 5.92 Å². The fourth-order valence-electron chi connectivity index (χ4n) is 3.52. The number of nitrogens with zero attached hydrogens (tertiary/aromatic N) is 1. The van der Waals surface area contributed by atoms with Gasteiger partial charge in [0.2, 0.25) is 0 Å². The van der Waals surface area contributed by atoms with Crippen molar-refractivity contribution in [1.29, 1.82) is 0 Å². The lowest BCUT2D eigenvalue weighted by atomic mass is 9.83. The summed E-state index contributed by atoms with van der Waals surface area (Å²) in [6.45, 7) is 0.945. The first-order chi connectivity index (χ1) is 12.3. The molecule has 0 fully saturated rings. The van der Waals surface area contributed by atoms with Crippen LogP contribution in [0.25, 0.3) is 10.8 Å². The van der Waals surface area contributed by atoms with Gasteiger partial charge < -0.3 is 10.6 Å². The minimum absolute atomic E-state index is 0.0353. The molecule has 5 heteroatoms. The molecule has 2 heterocycles. The summed E-state index contributed by atoms with van der Waals surface area (Å²) in [7, 11) is 0. The first-order valence-electron chi connectivity index (χ1n) is 8.26. The molecule has 1 aliphatic heterocycles. The first-order valence-corrected chi connectivity index (χ1v) is 8.26. The molecule has 1 unspecified atom stereocenters. The fraction of sp³-hybridized carbons (Fsp3) is 0.200. The predicted octanol–water partition coefficient (Wildman–Crippen LogP) is 2.97. The minimum atomic E-state index is -0.0353. The van der Waals surface area contributed by atoms with Gasteiger partial charge in [0, 0.05) is 34.8 Å². The molecule has 0 saturated heterocycles. The number of rotatable bonds is 4. The summed E-state index contributed by atoms with van der Waals surface area (Å²) in [5.41, 5.74) is 9.52. The van der Waals surface area contributed by atoms with Crippen LogP contribution in [0.4, 0.5) is 0 Å². The number of aromatic nitrogens is 1. The van der Waals surface area contributed by atoms with E-state index in [4.69, 9.17) is 15.5 Å². The zero-order valence-corrected chi connectivity index (χ0v) is 13.6. The summed E-state index contributed by atoms with van der Waals surface area (Å²) in [5, 5.41) is 1.91. The number of benzene rings is 1. The highest BCUT2D eigenvalue weighted by atomic mass is 17.2. The summed E-state index contributed by atoms with van der Waals surface area (Å²) in [5.74, 6) is 0.661. The van der Waals surface area contributed by atoms with Crippen LogP contribution in [-0.4, -0.2) is 24.4 Å². The maximum Gasteiger partial charge on any atom is 0.169 e. The zero-order valence-electron chi connectivity index (χ0n) is 13.6. The van der Waals surface area contributed by atoms with Crippen molar-refractivity contribution in [2.24, 2.45) is 5.73 Å². The van der Waals surface area contributed by atoms with Gasteiger partial charge in [-0.05, 0) is 41.6 Å². The van der Waals surface area contributed by atoms with Gasteiger partial charge in [0.05, 0.1) is 0 Å². The largest absolute Gasteiger partial charge is 0.337 e. The quantitative estimate of drug-likeness (QED) is 0.687. The van der Waals surface area contributed by atoms with Crippen LogP contribution in [0.2, 0.25) is 0 Å². The molecule has 1 atom stereocenters. The number of nitrogens with two attached hydrogens (primary N) is 1. The van der Waals surface area contributed by atoms with Crippen molar-refractivity contribution in [2.75, 3.05) is 13.2 Å². The molecule has 2 aromatic rings. The monoisotopic (exact) mass is 334 g/mol. The number of fused-ring (bicyclic) bond motifs is 2.